The van der Waals surface area contributed by atoms with E-state index in [2.05, 4.69) is 60.6 Å². The molecule has 1 aromatic carbocycles. The van der Waals surface area contributed by atoms with Crippen LogP contribution in [0.5, 0.6) is 0 Å². The van der Waals surface area contributed by atoms with Crippen LogP contribution in [0.4, 0.5) is 5.69 Å². The van der Waals surface area contributed by atoms with Gasteiger partial charge in [0.1, 0.15) is 34.9 Å². The van der Waals surface area contributed by atoms with Gasteiger partial charge in [-0.2, -0.15) is 0 Å². The van der Waals surface area contributed by atoms with Gasteiger partial charge in [0.2, 0.25) is 5.36 Å². The summed E-state index contributed by atoms with van der Waals surface area (Å²) in [6.07, 6.45) is 4.29. The number of allylic oxidation sites excluding steroid dienone is 1. The van der Waals surface area contributed by atoms with Crippen LogP contribution in [0.2, 0.25) is 0 Å². The van der Waals surface area contributed by atoms with Crippen LogP contribution < -0.4 is 44.4 Å². The summed E-state index contributed by atoms with van der Waals surface area (Å²) >= 11 is 0. The quantitative estimate of drug-likeness (QED) is 0.117. The number of carbonyl (C=O) groups is 1. The van der Waals surface area contributed by atoms with Crippen LogP contribution in [0.3, 0.4) is 0 Å². The van der Waals surface area contributed by atoms with Crippen LogP contribution in [0, 0.1) is 0 Å². The van der Waals surface area contributed by atoms with Crippen LogP contribution in [0.1, 0.15) is 77.2 Å². The standard InChI is InChI=1S/C36H48N2O8S.Na/c1-35(2,3)33-22-25(28-14-12-26(23-31(28)46-33)37(17-19-44-6)18-20-45-7)21-32-36(4,5)29-24-27(47(41,42)43)13-15-30(29)38(32)16-10-8-9-11-34(39)40;/h12-15,21-24H,8-11,16-20H2,1-7H3,(H-,39,40,41,42,43);/q;+1. The van der Waals surface area contributed by atoms with E-state index in [-0.39, 0.29) is 46.3 Å². The minimum Gasteiger partial charge on any atom is -0.744 e. The maximum Gasteiger partial charge on any atom is 1.00 e. The van der Waals surface area contributed by atoms with Crippen molar-refractivity contribution in [1.82, 2.24) is 4.58 Å². The molecule has 0 fully saturated rings. The molecule has 0 unspecified atom stereocenters. The van der Waals surface area contributed by atoms with Gasteiger partial charge in [-0.15, -0.1) is 0 Å². The fourth-order valence-corrected chi connectivity index (χ4v) is 6.54. The molecule has 10 nitrogen and oxygen atoms in total. The number of rotatable bonds is 14. The molecule has 0 saturated heterocycles. The number of anilines is 1. The SMILES string of the molecule is COCC[N+](CCOC)=c1ccc2c(/C=C3/N(CCCCCC(=O)O)c4ccc(S(=O)(=O)[O-])cc4C3(C)C)cc(C(C)(C)C)oc-2c1.[Na+]. The molecular weight excluding hydrogens is 643 g/mol. The number of nitrogens with zero attached hydrogens (tertiary/aromatic N) is 2. The van der Waals surface area contributed by atoms with Crippen molar-refractivity contribution in [3.63, 3.8) is 0 Å². The number of carboxylic acid groups (broad SMARTS) is 1. The number of unbranched alkanes of at least 4 members (excludes halogenated alkanes) is 2. The third-order valence-electron chi connectivity index (χ3n) is 8.73. The largest absolute Gasteiger partial charge is 1.00 e. The summed E-state index contributed by atoms with van der Waals surface area (Å²) in [5.74, 6) is 0.724. The summed E-state index contributed by atoms with van der Waals surface area (Å²) in [6.45, 7) is 13.5. The molecule has 0 bridgehead atoms. The van der Waals surface area contributed by atoms with Crippen molar-refractivity contribution >= 4 is 27.9 Å². The Labute approximate surface area is 306 Å². The smallest absolute Gasteiger partial charge is 0.744 e. The van der Waals surface area contributed by atoms with Gasteiger partial charge in [-0.05, 0) is 60.4 Å². The first-order valence-electron chi connectivity index (χ1n) is 16.0. The molecule has 3 aliphatic rings. The Morgan fingerprint density at radius 2 is 1.69 bits per heavy atom. The molecule has 12 heteroatoms. The fourth-order valence-electron chi connectivity index (χ4n) is 6.04. The molecule has 0 saturated carbocycles. The predicted octanol–water partition coefficient (Wildman–Crippen LogP) is 2.44. The number of ether oxygens (including phenoxy) is 2. The van der Waals surface area contributed by atoms with E-state index in [9.17, 15) is 17.8 Å². The first-order valence-corrected chi connectivity index (χ1v) is 17.4. The molecule has 2 aliphatic heterocycles. The van der Waals surface area contributed by atoms with E-state index in [4.69, 9.17) is 19.0 Å². The zero-order chi connectivity index (χ0) is 34.6. The molecule has 48 heavy (non-hydrogen) atoms. The van der Waals surface area contributed by atoms with E-state index >= 15 is 0 Å². The Hall–Kier alpha value is -2.51. The first-order chi connectivity index (χ1) is 22.1. The molecule has 1 aliphatic carbocycles. The topological polar surface area (TPSA) is 132 Å². The second-order valence-corrected chi connectivity index (χ2v) is 15.0. The number of hydrogen-bond donors (Lipinski definition) is 1. The molecule has 0 radical (unpaired) electrons. The number of fused-ring (bicyclic) bond motifs is 2. The molecule has 256 valence electrons. The summed E-state index contributed by atoms with van der Waals surface area (Å²) in [4.78, 5) is 13.0. The van der Waals surface area contributed by atoms with Crippen molar-refractivity contribution in [2.24, 2.45) is 0 Å². The molecule has 1 N–H and O–H groups in total. The molecular formula is C36H48N2NaO8S+. The molecule has 0 aromatic heterocycles. The van der Waals surface area contributed by atoms with E-state index in [1.165, 1.54) is 12.1 Å². The third-order valence-corrected chi connectivity index (χ3v) is 9.57. The molecule has 2 heterocycles. The van der Waals surface area contributed by atoms with Crippen LogP contribution in [-0.2, 0) is 35.2 Å². The average molecular weight is 692 g/mol. The summed E-state index contributed by atoms with van der Waals surface area (Å²) in [7, 11) is -1.29. The van der Waals surface area contributed by atoms with Gasteiger partial charge in [0.05, 0.1) is 11.0 Å². The Kier molecular flexibility index (Phi) is 13.7. The van der Waals surface area contributed by atoms with E-state index < -0.39 is 21.5 Å². The summed E-state index contributed by atoms with van der Waals surface area (Å²) in [5, 5.41) is 10.1. The number of hydrogen-bond acceptors (Lipinski definition) is 8. The first kappa shape index (κ1) is 39.9. The van der Waals surface area contributed by atoms with Crippen LogP contribution >= 0.6 is 0 Å². The van der Waals surface area contributed by atoms with Crippen LogP contribution in [0.15, 0.2) is 57.5 Å². The Morgan fingerprint density at radius 3 is 2.27 bits per heavy atom. The molecule has 0 spiro atoms. The van der Waals surface area contributed by atoms with Gasteiger partial charge in [0, 0.05) is 61.0 Å². The third kappa shape index (κ3) is 9.38. The van der Waals surface area contributed by atoms with Gasteiger partial charge < -0.3 is 28.5 Å². The van der Waals surface area contributed by atoms with E-state index in [1.54, 1.807) is 20.3 Å². The van der Waals surface area contributed by atoms with Gasteiger partial charge in [0.15, 0.2) is 13.1 Å². The number of aliphatic carboxylic acids is 1. The summed E-state index contributed by atoms with van der Waals surface area (Å²) in [6, 6.07) is 12.8. The van der Waals surface area contributed by atoms with Gasteiger partial charge in [-0.3, -0.25) is 4.79 Å². The molecule has 1 aromatic rings. The van der Waals surface area contributed by atoms with Gasteiger partial charge in [-0.25, -0.2) is 13.0 Å². The maximum absolute atomic E-state index is 12.0. The van der Waals surface area contributed by atoms with Crippen molar-refractivity contribution in [3.8, 4) is 11.3 Å². The summed E-state index contributed by atoms with van der Waals surface area (Å²) < 4.78 is 55.5. The monoisotopic (exact) mass is 691 g/mol. The Bertz CT molecular complexity index is 1760. The predicted molar refractivity (Wildman–Crippen MR) is 182 cm³/mol. The Morgan fingerprint density at radius 1 is 1.02 bits per heavy atom. The van der Waals surface area contributed by atoms with Crippen LogP contribution in [0.25, 0.3) is 17.4 Å². The normalized spacial score (nSPS) is 15.1. The zero-order valence-corrected chi connectivity index (χ0v) is 32.4. The molecule has 0 atom stereocenters. The number of benzene rings is 2. The van der Waals surface area contributed by atoms with Crippen molar-refractivity contribution < 1.29 is 66.3 Å². The summed E-state index contributed by atoms with van der Waals surface area (Å²) in [5.41, 5.74) is 3.47. The molecule has 4 rings (SSSR count). The van der Waals surface area contributed by atoms with E-state index in [1.807, 2.05) is 13.8 Å². The van der Waals surface area contributed by atoms with E-state index in [0.29, 0.717) is 39.3 Å². The Balaban J connectivity index is 0.00000625. The van der Waals surface area contributed by atoms with Gasteiger partial charge >= 0.3 is 35.5 Å². The average Bonchev–Trinajstić information content (AvgIpc) is 3.20. The minimum absolute atomic E-state index is 0. The number of methoxy groups -OCH3 is 2. The number of carboxylic acids is 1. The van der Waals surface area contributed by atoms with E-state index in [0.717, 1.165) is 57.8 Å². The van der Waals surface area contributed by atoms with Gasteiger partial charge in [-0.1, -0.05) is 41.0 Å². The van der Waals surface area contributed by atoms with Gasteiger partial charge in [0.25, 0.3) is 0 Å². The zero-order valence-electron chi connectivity index (χ0n) is 29.6. The van der Waals surface area contributed by atoms with Crippen molar-refractivity contribution in [2.45, 2.75) is 76.0 Å². The second-order valence-electron chi connectivity index (χ2n) is 13.6. The fraction of sp³-hybridized carbons (Fsp3) is 0.500. The molecule has 0 amide bonds. The second kappa shape index (κ2) is 16.5. The van der Waals surface area contributed by atoms with Crippen LogP contribution in [-0.4, -0.2) is 71.1 Å². The van der Waals surface area contributed by atoms with Crippen molar-refractivity contribution in [2.75, 3.05) is 52.0 Å². The van der Waals surface area contributed by atoms with Crippen molar-refractivity contribution in [1.29, 1.82) is 0 Å². The minimum atomic E-state index is -4.65. The van der Waals surface area contributed by atoms with Crippen molar-refractivity contribution in [3.05, 3.63) is 70.4 Å². The maximum atomic E-state index is 12.0.